The second kappa shape index (κ2) is 5.45. The number of aromatic carboxylic acids is 1. The highest BCUT2D eigenvalue weighted by Gasteiger charge is 2.13. The minimum Gasteiger partial charge on any atom is -0.478 e. The molecule has 0 aliphatic rings. The molecule has 7 heteroatoms. The van der Waals surface area contributed by atoms with E-state index in [-0.39, 0.29) is 11.3 Å². The molecule has 0 aromatic carbocycles. The molecule has 0 unspecified atom stereocenters. The van der Waals surface area contributed by atoms with Crippen LogP contribution in [-0.4, -0.2) is 26.0 Å². The number of aromatic nitrogens is 3. The van der Waals surface area contributed by atoms with Gasteiger partial charge in [-0.25, -0.2) is 9.78 Å². The van der Waals surface area contributed by atoms with Gasteiger partial charge in [0.15, 0.2) is 11.5 Å². The highest BCUT2D eigenvalue weighted by atomic mass is 79.9. The topological polar surface area (TPSA) is 85.2 Å². The summed E-state index contributed by atoms with van der Waals surface area (Å²) in [6, 6.07) is 4.81. The lowest BCUT2D eigenvalue weighted by atomic mass is 10.2. The van der Waals surface area contributed by atoms with Gasteiger partial charge in [0.05, 0.1) is 11.7 Å². The Kier molecular flexibility index (Phi) is 3.49. The second-order valence-electron chi connectivity index (χ2n) is 4.11. The minimum atomic E-state index is -1.08. The molecule has 0 saturated heterocycles. The molecule has 0 aliphatic heterocycles. The van der Waals surface area contributed by atoms with Gasteiger partial charge >= 0.3 is 5.97 Å². The summed E-state index contributed by atoms with van der Waals surface area (Å²) in [5, 5.41) is 9.15. The molecule has 0 bridgehead atoms. The Bertz CT molecular complexity index is 839. The number of hydrogen-bond donors (Lipinski definition) is 1. The predicted molar refractivity (Wildman–Crippen MR) is 78.5 cm³/mol. The fraction of sp³-hybridized carbons (Fsp3) is 0. The molecule has 3 aromatic rings. The standard InChI is InChI=1S/C14H8BrN3O3/c15-8-5-10-13(18-6-8)11(2-4-17-10)21-12-7-16-3-1-9(12)14(19)20/h1-7H,(H,19,20). The molecular formula is C14H8BrN3O3. The van der Waals surface area contributed by atoms with Crippen molar-refractivity contribution in [3.05, 3.63) is 53.0 Å². The number of fused-ring (bicyclic) bond motifs is 1. The Morgan fingerprint density at radius 2 is 2.00 bits per heavy atom. The van der Waals surface area contributed by atoms with Crippen LogP contribution in [0.4, 0.5) is 0 Å². The van der Waals surface area contributed by atoms with Gasteiger partial charge in [-0.05, 0) is 28.1 Å². The number of hydrogen-bond acceptors (Lipinski definition) is 5. The average molecular weight is 346 g/mol. The van der Waals surface area contributed by atoms with Crippen LogP contribution in [0.2, 0.25) is 0 Å². The van der Waals surface area contributed by atoms with Crippen molar-refractivity contribution in [2.75, 3.05) is 0 Å². The van der Waals surface area contributed by atoms with E-state index in [2.05, 4.69) is 30.9 Å². The van der Waals surface area contributed by atoms with E-state index in [9.17, 15) is 4.79 Å². The molecule has 0 saturated carbocycles. The van der Waals surface area contributed by atoms with Gasteiger partial charge in [-0.2, -0.15) is 0 Å². The van der Waals surface area contributed by atoms with E-state index in [1.54, 1.807) is 24.5 Å². The maximum Gasteiger partial charge on any atom is 0.339 e. The molecule has 6 nitrogen and oxygen atoms in total. The monoisotopic (exact) mass is 345 g/mol. The fourth-order valence-corrected chi connectivity index (χ4v) is 2.14. The summed E-state index contributed by atoms with van der Waals surface area (Å²) in [4.78, 5) is 23.5. The molecule has 21 heavy (non-hydrogen) atoms. The molecule has 0 atom stereocenters. The number of pyridine rings is 3. The van der Waals surface area contributed by atoms with Gasteiger partial charge in [-0.1, -0.05) is 0 Å². The van der Waals surface area contributed by atoms with Crippen LogP contribution in [0.15, 0.2) is 47.5 Å². The summed E-state index contributed by atoms with van der Waals surface area (Å²) in [6.07, 6.45) is 5.95. The minimum absolute atomic E-state index is 0.0343. The summed E-state index contributed by atoms with van der Waals surface area (Å²) in [5.41, 5.74) is 1.22. The van der Waals surface area contributed by atoms with Crippen LogP contribution >= 0.6 is 15.9 Å². The van der Waals surface area contributed by atoms with Gasteiger partial charge in [-0.15, -0.1) is 0 Å². The number of carbonyl (C=O) groups is 1. The summed E-state index contributed by atoms with van der Waals surface area (Å²) < 4.78 is 6.46. The van der Waals surface area contributed by atoms with Crippen molar-refractivity contribution < 1.29 is 14.6 Å². The van der Waals surface area contributed by atoms with E-state index < -0.39 is 5.97 Å². The van der Waals surface area contributed by atoms with Crippen molar-refractivity contribution in [2.24, 2.45) is 0 Å². The average Bonchev–Trinajstić information content (AvgIpc) is 2.47. The number of halogens is 1. The van der Waals surface area contributed by atoms with Gasteiger partial charge in [0.1, 0.15) is 11.1 Å². The molecule has 3 aromatic heterocycles. The van der Waals surface area contributed by atoms with Crippen LogP contribution in [-0.2, 0) is 0 Å². The van der Waals surface area contributed by atoms with Gasteiger partial charge in [-0.3, -0.25) is 9.97 Å². The lowest BCUT2D eigenvalue weighted by Gasteiger charge is -2.09. The van der Waals surface area contributed by atoms with Gasteiger partial charge in [0.25, 0.3) is 0 Å². The van der Waals surface area contributed by atoms with E-state index in [1.165, 1.54) is 18.5 Å². The molecule has 3 heterocycles. The SMILES string of the molecule is O=C(O)c1ccncc1Oc1ccnc2cc(Br)cnc12. The van der Waals surface area contributed by atoms with Crippen molar-refractivity contribution in [2.45, 2.75) is 0 Å². The molecule has 0 spiro atoms. The van der Waals surface area contributed by atoms with Crippen molar-refractivity contribution in [1.29, 1.82) is 0 Å². The quantitative estimate of drug-likeness (QED) is 0.783. The first-order chi connectivity index (χ1) is 10.1. The highest BCUT2D eigenvalue weighted by Crippen LogP contribution is 2.29. The van der Waals surface area contributed by atoms with E-state index in [4.69, 9.17) is 9.84 Å². The lowest BCUT2D eigenvalue weighted by Crippen LogP contribution is -2.01. The number of ether oxygens (including phenoxy) is 1. The number of nitrogens with zero attached hydrogens (tertiary/aromatic N) is 3. The summed E-state index contributed by atoms with van der Waals surface area (Å²) >= 11 is 3.32. The molecule has 104 valence electrons. The lowest BCUT2D eigenvalue weighted by molar-refractivity contribution is 0.0694. The van der Waals surface area contributed by atoms with E-state index >= 15 is 0 Å². The molecule has 1 N–H and O–H groups in total. The first-order valence-electron chi connectivity index (χ1n) is 5.90. The zero-order chi connectivity index (χ0) is 14.8. The van der Waals surface area contributed by atoms with Crippen molar-refractivity contribution in [3.63, 3.8) is 0 Å². The number of carboxylic acid groups (broad SMARTS) is 1. The molecule has 0 aliphatic carbocycles. The van der Waals surface area contributed by atoms with Crippen LogP contribution in [0.25, 0.3) is 11.0 Å². The Hall–Kier alpha value is -2.54. The second-order valence-corrected chi connectivity index (χ2v) is 5.03. The highest BCUT2D eigenvalue weighted by molar-refractivity contribution is 9.10. The van der Waals surface area contributed by atoms with E-state index in [0.717, 1.165) is 4.47 Å². The van der Waals surface area contributed by atoms with Crippen molar-refractivity contribution >= 4 is 32.9 Å². The van der Waals surface area contributed by atoms with E-state index in [1.807, 2.05) is 0 Å². The molecule has 0 amide bonds. The zero-order valence-corrected chi connectivity index (χ0v) is 12.1. The van der Waals surface area contributed by atoms with Crippen LogP contribution in [0.1, 0.15) is 10.4 Å². The summed E-state index contributed by atoms with van der Waals surface area (Å²) in [5.74, 6) is -0.508. The first kappa shape index (κ1) is 13.4. The molecule has 3 rings (SSSR count). The summed E-state index contributed by atoms with van der Waals surface area (Å²) in [7, 11) is 0. The summed E-state index contributed by atoms with van der Waals surface area (Å²) in [6.45, 7) is 0. The smallest absolute Gasteiger partial charge is 0.339 e. The third-order valence-electron chi connectivity index (χ3n) is 2.74. The molecular weight excluding hydrogens is 338 g/mol. The maximum atomic E-state index is 11.2. The van der Waals surface area contributed by atoms with Crippen LogP contribution < -0.4 is 4.74 Å². The predicted octanol–water partition coefficient (Wildman–Crippen LogP) is 3.28. The maximum absolute atomic E-state index is 11.2. The van der Waals surface area contributed by atoms with Crippen molar-refractivity contribution in [1.82, 2.24) is 15.0 Å². The van der Waals surface area contributed by atoms with Gasteiger partial charge in [0.2, 0.25) is 0 Å². The Labute approximate surface area is 127 Å². The molecule has 0 fully saturated rings. The van der Waals surface area contributed by atoms with Crippen LogP contribution in [0.5, 0.6) is 11.5 Å². The van der Waals surface area contributed by atoms with Gasteiger partial charge < -0.3 is 9.84 Å². The largest absolute Gasteiger partial charge is 0.478 e. The Morgan fingerprint density at radius 1 is 1.14 bits per heavy atom. The van der Waals surface area contributed by atoms with Crippen molar-refractivity contribution in [3.8, 4) is 11.5 Å². The Morgan fingerprint density at radius 3 is 2.81 bits per heavy atom. The van der Waals surface area contributed by atoms with Crippen LogP contribution in [0.3, 0.4) is 0 Å². The first-order valence-corrected chi connectivity index (χ1v) is 6.70. The normalized spacial score (nSPS) is 10.5. The van der Waals surface area contributed by atoms with E-state index in [0.29, 0.717) is 16.8 Å². The zero-order valence-electron chi connectivity index (χ0n) is 10.5. The molecule has 0 radical (unpaired) electrons. The number of carboxylic acids is 1. The third kappa shape index (κ3) is 2.68. The third-order valence-corrected chi connectivity index (χ3v) is 3.18. The van der Waals surface area contributed by atoms with Gasteiger partial charge in [0, 0.05) is 29.1 Å². The Balaban J connectivity index is 2.09. The van der Waals surface area contributed by atoms with Crippen LogP contribution in [0, 0.1) is 0 Å². The fourth-order valence-electron chi connectivity index (χ4n) is 1.82. The number of rotatable bonds is 3.